The molecule has 0 spiro atoms. The average Bonchev–Trinajstić information content (AvgIpc) is 2.25. The number of rotatable bonds is 2. The second-order valence-corrected chi connectivity index (χ2v) is 3.25. The minimum atomic E-state index is 0.617. The molecular weight excluding hydrogens is 188 g/mol. The lowest BCUT2D eigenvalue weighted by atomic mass is 10.3. The minimum Gasteiger partial charge on any atom is -0.396 e. The van der Waals surface area contributed by atoms with E-state index in [0.717, 1.165) is 17.2 Å². The van der Waals surface area contributed by atoms with Gasteiger partial charge in [-0.25, -0.2) is 4.98 Å². The Balaban J connectivity index is 2.28. The van der Waals surface area contributed by atoms with Gasteiger partial charge in [0, 0.05) is 11.9 Å². The summed E-state index contributed by atoms with van der Waals surface area (Å²) in [5, 5.41) is 3.14. The maximum Gasteiger partial charge on any atom is 0.130 e. The average molecular weight is 200 g/mol. The summed E-state index contributed by atoms with van der Waals surface area (Å²) in [7, 11) is 0. The number of aromatic nitrogens is 2. The van der Waals surface area contributed by atoms with Gasteiger partial charge in [-0.1, -0.05) is 6.07 Å². The number of pyridine rings is 2. The fraction of sp³-hybridized carbons (Fsp3) is 0.0909. The van der Waals surface area contributed by atoms with Crippen molar-refractivity contribution >= 4 is 17.2 Å². The third-order valence-electron chi connectivity index (χ3n) is 2.00. The first kappa shape index (κ1) is 9.45. The molecule has 0 unspecified atom stereocenters. The first-order valence-electron chi connectivity index (χ1n) is 4.66. The summed E-state index contributed by atoms with van der Waals surface area (Å²) in [6.07, 6.45) is 3.37. The lowest BCUT2D eigenvalue weighted by Crippen LogP contribution is -1.99. The van der Waals surface area contributed by atoms with Crippen LogP contribution in [0.5, 0.6) is 0 Å². The van der Waals surface area contributed by atoms with E-state index < -0.39 is 0 Å². The maximum absolute atomic E-state index is 5.78. The van der Waals surface area contributed by atoms with Crippen LogP contribution < -0.4 is 11.1 Å². The topological polar surface area (TPSA) is 63.8 Å². The zero-order valence-electron chi connectivity index (χ0n) is 8.44. The predicted molar refractivity (Wildman–Crippen MR) is 60.9 cm³/mol. The van der Waals surface area contributed by atoms with Gasteiger partial charge in [0.15, 0.2) is 0 Å². The molecule has 4 nitrogen and oxygen atoms in total. The monoisotopic (exact) mass is 200 g/mol. The predicted octanol–water partition coefficient (Wildman–Crippen LogP) is 2.11. The lowest BCUT2D eigenvalue weighted by molar-refractivity contribution is 1.20. The highest BCUT2D eigenvalue weighted by molar-refractivity contribution is 5.70. The fourth-order valence-corrected chi connectivity index (χ4v) is 1.25. The third kappa shape index (κ3) is 2.22. The van der Waals surface area contributed by atoms with Crippen molar-refractivity contribution in [1.82, 2.24) is 9.97 Å². The smallest absolute Gasteiger partial charge is 0.130 e. The number of hydrogen-bond acceptors (Lipinski definition) is 4. The molecule has 4 heteroatoms. The zero-order valence-corrected chi connectivity index (χ0v) is 8.44. The highest BCUT2D eigenvalue weighted by Gasteiger charge is 2.00. The number of anilines is 3. The summed E-state index contributed by atoms with van der Waals surface area (Å²) in [6.45, 7) is 1.92. The Labute approximate surface area is 88.2 Å². The van der Waals surface area contributed by atoms with E-state index >= 15 is 0 Å². The van der Waals surface area contributed by atoms with Gasteiger partial charge in [-0.05, 0) is 25.1 Å². The van der Waals surface area contributed by atoms with E-state index in [-0.39, 0.29) is 0 Å². The third-order valence-corrected chi connectivity index (χ3v) is 2.00. The second-order valence-electron chi connectivity index (χ2n) is 3.25. The van der Waals surface area contributed by atoms with Gasteiger partial charge in [-0.15, -0.1) is 0 Å². The normalized spacial score (nSPS) is 9.93. The van der Waals surface area contributed by atoms with Gasteiger partial charge in [0.25, 0.3) is 0 Å². The van der Waals surface area contributed by atoms with Crippen molar-refractivity contribution in [3.05, 3.63) is 42.4 Å². The zero-order chi connectivity index (χ0) is 10.7. The largest absolute Gasteiger partial charge is 0.396 e. The molecule has 0 aliphatic heterocycles. The minimum absolute atomic E-state index is 0.617. The van der Waals surface area contributed by atoms with Crippen molar-refractivity contribution in [3.8, 4) is 0 Å². The Morgan fingerprint density at radius 1 is 1.27 bits per heavy atom. The molecular formula is C11H12N4. The maximum atomic E-state index is 5.78. The molecule has 2 rings (SSSR count). The van der Waals surface area contributed by atoms with Crippen molar-refractivity contribution < 1.29 is 0 Å². The molecule has 2 aromatic heterocycles. The van der Waals surface area contributed by atoms with Gasteiger partial charge in [0.2, 0.25) is 0 Å². The molecule has 2 aromatic rings. The first-order valence-corrected chi connectivity index (χ1v) is 4.66. The molecule has 0 aliphatic rings. The highest BCUT2D eigenvalue weighted by atomic mass is 15.0. The molecule has 0 bridgehead atoms. The number of hydrogen-bond donors (Lipinski definition) is 2. The van der Waals surface area contributed by atoms with E-state index in [4.69, 9.17) is 5.73 Å². The summed E-state index contributed by atoms with van der Waals surface area (Å²) in [5.41, 5.74) is 8.15. The number of nitrogens with two attached hydrogens (primary N) is 1. The van der Waals surface area contributed by atoms with Crippen LogP contribution in [0.1, 0.15) is 5.69 Å². The van der Waals surface area contributed by atoms with Gasteiger partial charge in [-0.2, -0.15) is 0 Å². The highest BCUT2D eigenvalue weighted by Crippen LogP contribution is 2.21. The van der Waals surface area contributed by atoms with Gasteiger partial charge in [0.1, 0.15) is 5.82 Å². The molecule has 0 fully saturated rings. The summed E-state index contributed by atoms with van der Waals surface area (Å²) in [6, 6.07) is 7.56. The molecule has 0 atom stereocenters. The summed E-state index contributed by atoms with van der Waals surface area (Å²) >= 11 is 0. The molecule has 76 valence electrons. The molecule has 0 saturated carbocycles. The number of aryl methyl sites for hydroxylation is 1. The second kappa shape index (κ2) is 3.96. The van der Waals surface area contributed by atoms with Gasteiger partial charge >= 0.3 is 0 Å². The van der Waals surface area contributed by atoms with E-state index in [1.54, 1.807) is 12.4 Å². The van der Waals surface area contributed by atoms with Crippen LogP contribution in [-0.4, -0.2) is 9.97 Å². The molecule has 3 N–H and O–H groups in total. The summed E-state index contributed by atoms with van der Waals surface area (Å²) in [4.78, 5) is 8.25. The standard InChI is InChI=1S/C11H12N4/c1-8-6-10(9(12)7-14-8)15-11-4-2-3-5-13-11/h2-7H,12H2,1H3,(H,13,14,15). The molecule has 0 aromatic carbocycles. The SMILES string of the molecule is Cc1cc(Nc2ccccn2)c(N)cn1. The summed E-state index contributed by atoms with van der Waals surface area (Å²) in [5.74, 6) is 0.773. The van der Waals surface area contributed by atoms with Crippen LogP contribution in [0.2, 0.25) is 0 Å². The molecule has 2 heterocycles. The first-order chi connectivity index (χ1) is 7.25. The Bertz CT molecular complexity index is 453. The van der Waals surface area contributed by atoms with Crippen molar-refractivity contribution in [2.75, 3.05) is 11.1 Å². The quantitative estimate of drug-likeness (QED) is 0.779. The Morgan fingerprint density at radius 2 is 2.13 bits per heavy atom. The molecule has 0 radical (unpaired) electrons. The van der Waals surface area contributed by atoms with Crippen LogP contribution in [0, 0.1) is 6.92 Å². The van der Waals surface area contributed by atoms with Crippen LogP contribution >= 0.6 is 0 Å². The number of nitrogens with one attached hydrogen (secondary N) is 1. The molecule has 0 amide bonds. The Morgan fingerprint density at radius 3 is 2.87 bits per heavy atom. The van der Waals surface area contributed by atoms with E-state index in [0.29, 0.717) is 5.69 Å². The van der Waals surface area contributed by atoms with Gasteiger partial charge in [0.05, 0.1) is 17.6 Å². The van der Waals surface area contributed by atoms with Crippen LogP contribution in [-0.2, 0) is 0 Å². The van der Waals surface area contributed by atoms with Crippen molar-refractivity contribution in [1.29, 1.82) is 0 Å². The van der Waals surface area contributed by atoms with Gasteiger partial charge < -0.3 is 11.1 Å². The summed E-state index contributed by atoms with van der Waals surface area (Å²) < 4.78 is 0. The number of nitrogen functional groups attached to an aromatic ring is 1. The van der Waals surface area contributed by atoms with Crippen molar-refractivity contribution in [3.63, 3.8) is 0 Å². The number of nitrogens with zero attached hydrogens (tertiary/aromatic N) is 2. The Hall–Kier alpha value is -2.10. The van der Waals surface area contributed by atoms with E-state index in [9.17, 15) is 0 Å². The van der Waals surface area contributed by atoms with Crippen LogP contribution in [0.15, 0.2) is 36.7 Å². The van der Waals surface area contributed by atoms with Crippen LogP contribution in [0.25, 0.3) is 0 Å². The van der Waals surface area contributed by atoms with E-state index in [1.807, 2.05) is 31.2 Å². The van der Waals surface area contributed by atoms with Crippen molar-refractivity contribution in [2.45, 2.75) is 6.92 Å². The van der Waals surface area contributed by atoms with E-state index in [2.05, 4.69) is 15.3 Å². The molecule has 15 heavy (non-hydrogen) atoms. The van der Waals surface area contributed by atoms with Crippen LogP contribution in [0.3, 0.4) is 0 Å². The lowest BCUT2D eigenvalue weighted by Gasteiger charge is -2.08. The van der Waals surface area contributed by atoms with Crippen LogP contribution in [0.4, 0.5) is 17.2 Å². The molecule has 0 saturated heterocycles. The Kier molecular flexibility index (Phi) is 2.49. The van der Waals surface area contributed by atoms with Crippen molar-refractivity contribution in [2.24, 2.45) is 0 Å². The van der Waals surface area contributed by atoms with Gasteiger partial charge in [-0.3, -0.25) is 4.98 Å². The van der Waals surface area contributed by atoms with E-state index in [1.165, 1.54) is 0 Å². The molecule has 0 aliphatic carbocycles. The fourth-order valence-electron chi connectivity index (χ4n) is 1.25.